The van der Waals surface area contributed by atoms with E-state index < -0.39 is 0 Å². The smallest absolute Gasteiger partial charge is 0.171 e. The second-order valence-electron chi connectivity index (χ2n) is 7.75. The highest BCUT2D eigenvalue weighted by Crippen LogP contribution is 2.33. The second-order valence-corrected chi connectivity index (χ2v) is 7.75. The van der Waals surface area contributed by atoms with Crippen LogP contribution in [0.25, 0.3) is 0 Å². The molecule has 0 radical (unpaired) electrons. The molecule has 5 rings (SSSR count). The number of rotatable bonds is 3. The summed E-state index contributed by atoms with van der Waals surface area (Å²) in [7, 11) is 0. The molecule has 0 bridgehead atoms. The molecule has 0 saturated carbocycles. The quantitative estimate of drug-likeness (QED) is 0.785. The minimum absolute atomic E-state index is 0.164. The number of piperidine rings is 1. The van der Waals surface area contributed by atoms with Gasteiger partial charge < -0.3 is 24.2 Å². The van der Waals surface area contributed by atoms with Crippen LogP contribution in [0.15, 0.2) is 36.7 Å². The number of benzene rings is 1. The van der Waals surface area contributed by atoms with Crippen LogP contribution in [-0.2, 0) is 9.47 Å². The van der Waals surface area contributed by atoms with Crippen LogP contribution < -0.4 is 14.7 Å². The van der Waals surface area contributed by atoms with Gasteiger partial charge in [-0.2, -0.15) is 0 Å². The average molecular weight is 399 g/mol. The Kier molecular flexibility index (Phi) is 4.97. The third-order valence-electron chi connectivity index (χ3n) is 6.10. The topological polar surface area (TPSA) is 54.0 Å². The summed E-state index contributed by atoms with van der Waals surface area (Å²) in [5.74, 6) is 1.33. The Balaban J connectivity index is 1.22. The molecule has 1 aromatic heterocycles. The number of para-hydroxylation sites is 1. The lowest BCUT2D eigenvalue weighted by molar-refractivity contribution is -0.169. The number of nitrogens with zero attached hydrogens (tertiary/aromatic N) is 5. The SMILES string of the molecule is Fc1ccccc1N1CCN(c2cc(N3CCC4(CC3)OCCO4)ncn2)CC1. The van der Waals surface area contributed by atoms with Crippen molar-refractivity contribution < 1.29 is 13.9 Å². The largest absolute Gasteiger partial charge is 0.366 e. The van der Waals surface area contributed by atoms with Crippen molar-refractivity contribution in [1.82, 2.24) is 9.97 Å². The summed E-state index contributed by atoms with van der Waals surface area (Å²) >= 11 is 0. The molecule has 29 heavy (non-hydrogen) atoms. The van der Waals surface area contributed by atoms with E-state index in [9.17, 15) is 4.39 Å². The Morgan fingerprint density at radius 3 is 2.03 bits per heavy atom. The maximum atomic E-state index is 14.1. The van der Waals surface area contributed by atoms with Gasteiger partial charge in [-0.05, 0) is 12.1 Å². The minimum atomic E-state index is -0.380. The van der Waals surface area contributed by atoms with Gasteiger partial charge in [0.1, 0.15) is 23.8 Å². The van der Waals surface area contributed by atoms with E-state index in [2.05, 4.69) is 30.7 Å². The molecule has 3 saturated heterocycles. The van der Waals surface area contributed by atoms with Gasteiger partial charge in [-0.3, -0.25) is 0 Å². The van der Waals surface area contributed by atoms with Crippen molar-refractivity contribution in [1.29, 1.82) is 0 Å². The number of halogens is 1. The summed E-state index contributed by atoms with van der Waals surface area (Å²) in [6.45, 7) is 6.23. The van der Waals surface area contributed by atoms with Crippen molar-refractivity contribution in [2.45, 2.75) is 18.6 Å². The molecule has 1 aromatic carbocycles. The van der Waals surface area contributed by atoms with E-state index in [0.717, 1.165) is 63.7 Å². The zero-order valence-electron chi connectivity index (χ0n) is 16.5. The van der Waals surface area contributed by atoms with Gasteiger partial charge in [0, 0.05) is 58.2 Å². The Hall–Kier alpha value is -2.45. The van der Waals surface area contributed by atoms with Crippen molar-refractivity contribution >= 4 is 17.3 Å². The van der Waals surface area contributed by atoms with E-state index >= 15 is 0 Å². The number of ether oxygens (including phenoxy) is 2. The van der Waals surface area contributed by atoms with E-state index in [4.69, 9.17) is 9.47 Å². The van der Waals surface area contributed by atoms with Gasteiger partial charge in [0.25, 0.3) is 0 Å². The first kappa shape index (κ1) is 18.6. The van der Waals surface area contributed by atoms with Crippen LogP contribution in [0, 0.1) is 5.82 Å². The molecule has 0 unspecified atom stereocenters. The van der Waals surface area contributed by atoms with Crippen LogP contribution in [0.5, 0.6) is 0 Å². The Labute approximate surface area is 170 Å². The molecule has 0 N–H and O–H groups in total. The molecular formula is C21H26FN5O2. The molecule has 3 fully saturated rings. The predicted octanol–water partition coefficient (Wildman–Crippen LogP) is 2.29. The van der Waals surface area contributed by atoms with E-state index in [1.807, 2.05) is 12.1 Å². The van der Waals surface area contributed by atoms with Crippen LogP contribution in [-0.4, -0.2) is 68.2 Å². The lowest BCUT2D eigenvalue weighted by Gasteiger charge is -2.39. The molecule has 3 aliphatic rings. The van der Waals surface area contributed by atoms with Crippen LogP contribution in [0.4, 0.5) is 21.7 Å². The monoisotopic (exact) mass is 399 g/mol. The molecule has 8 heteroatoms. The van der Waals surface area contributed by atoms with Crippen LogP contribution in [0.3, 0.4) is 0 Å². The number of hydrogen-bond donors (Lipinski definition) is 0. The van der Waals surface area contributed by atoms with Crippen LogP contribution in [0.1, 0.15) is 12.8 Å². The Morgan fingerprint density at radius 1 is 0.793 bits per heavy atom. The molecule has 3 aliphatic heterocycles. The summed E-state index contributed by atoms with van der Waals surface area (Å²) < 4.78 is 25.7. The molecule has 0 aliphatic carbocycles. The molecule has 4 heterocycles. The number of anilines is 3. The molecular weight excluding hydrogens is 373 g/mol. The van der Waals surface area contributed by atoms with Gasteiger partial charge in [-0.25, -0.2) is 14.4 Å². The summed E-state index contributed by atoms with van der Waals surface area (Å²) in [6.07, 6.45) is 3.35. The highest BCUT2D eigenvalue weighted by atomic mass is 19.1. The molecule has 1 spiro atoms. The fraction of sp³-hybridized carbons (Fsp3) is 0.524. The average Bonchev–Trinajstić information content (AvgIpc) is 3.23. The maximum absolute atomic E-state index is 14.1. The summed E-state index contributed by atoms with van der Waals surface area (Å²) in [5.41, 5.74) is 0.675. The fourth-order valence-corrected chi connectivity index (χ4v) is 4.43. The van der Waals surface area contributed by atoms with E-state index in [1.54, 1.807) is 12.4 Å². The zero-order valence-corrected chi connectivity index (χ0v) is 16.5. The first-order chi connectivity index (χ1) is 14.2. The number of hydrogen-bond acceptors (Lipinski definition) is 7. The molecule has 154 valence electrons. The maximum Gasteiger partial charge on any atom is 0.171 e. The zero-order chi connectivity index (χ0) is 19.7. The van der Waals surface area contributed by atoms with Gasteiger partial charge >= 0.3 is 0 Å². The predicted molar refractivity (Wildman–Crippen MR) is 109 cm³/mol. The number of aromatic nitrogens is 2. The van der Waals surface area contributed by atoms with Gasteiger partial charge in [0.2, 0.25) is 0 Å². The molecule has 7 nitrogen and oxygen atoms in total. The van der Waals surface area contributed by atoms with Gasteiger partial charge in [0.15, 0.2) is 5.79 Å². The van der Waals surface area contributed by atoms with Gasteiger partial charge in [-0.1, -0.05) is 12.1 Å². The highest BCUT2D eigenvalue weighted by molar-refractivity contribution is 5.53. The lowest BCUT2D eigenvalue weighted by Crippen LogP contribution is -2.47. The molecule has 2 aromatic rings. The van der Waals surface area contributed by atoms with E-state index in [0.29, 0.717) is 18.9 Å². The van der Waals surface area contributed by atoms with Crippen molar-refractivity contribution in [2.75, 3.05) is 67.2 Å². The summed E-state index contributed by atoms with van der Waals surface area (Å²) in [6, 6.07) is 9.03. The van der Waals surface area contributed by atoms with Crippen molar-refractivity contribution in [3.8, 4) is 0 Å². The summed E-state index contributed by atoms with van der Waals surface area (Å²) in [5, 5.41) is 0. The first-order valence-corrected chi connectivity index (χ1v) is 10.3. The van der Waals surface area contributed by atoms with Gasteiger partial charge in [-0.15, -0.1) is 0 Å². The Morgan fingerprint density at radius 2 is 1.38 bits per heavy atom. The normalized spacial score (nSPS) is 21.8. The lowest BCUT2D eigenvalue weighted by atomic mass is 10.0. The van der Waals surface area contributed by atoms with Crippen molar-refractivity contribution in [3.63, 3.8) is 0 Å². The third-order valence-corrected chi connectivity index (χ3v) is 6.10. The third kappa shape index (κ3) is 3.74. The number of piperazine rings is 1. The fourth-order valence-electron chi connectivity index (χ4n) is 4.43. The van der Waals surface area contributed by atoms with Crippen LogP contribution >= 0.6 is 0 Å². The molecule has 0 atom stereocenters. The molecule has 0 amide bonds. The second kappa shape index (κ2) is 7.76. The van der Waals surface area contributed by atoms with E-state index in [-0.39, 0.29) is 11.6 Å². The highest BCUT2D eigenvalue weighted by Gasteiger charge is 2.40. The van der Waals surface area contributed by atoms with Crippen molar-refractivity contribution in [2.24, 2.45) is 0 Å². The minimum Gasteiger partial charge on any atom is -0.366 e. The van der Waals surface area contributed by atoms with E-state index in [1.165, 1.54) is 6.07 Å². The Bertz CT molecular complexity index is 842. The summed E-state index contributed by atoms with van der Waals surface area (Å²) in [4.78, 5) is 15.6. The standard InChI is InChI=1S/C21H26FN5O2/c22-17-3-1-2-4-18(17)25-9-11-27(12-10-25)20-15-19(23-16-24-20)26-7-5-21(6-8-26)28-13-14-29-21/h1-4,15-16H,5-14H2. The van der Waals surface area contributed by atoms with Crippen LogP contribution in [0.2, 0.25) is 0 Å². The van der Waals surface area contributed by atoms with Crippen molar-refractivity contribution in [3.05, 3.63) is 42.5 Å². The van der Waals surface area contributed by atoms with Gasteiger partial charge in [0.05, 0.1) is 18.9 Å². The first-order valence-electron chi connectivity index (χ1n) is 10.3.